The fourth-order valence-electron chi connectivity index (χ4n) is 4.02. The lowest BCUT2D eigenvalue weighted by molar-refractivity contribution is 0.0175. The number of hydrogen-bond donors (Lipinski definition) is 0. The Labute approximate surface area is 224 Å². The second-order valence-corrected chi connectivity index (χ2v) is 11.1. The topological polar surface area (TPSA) is 53.5 Å². The third-order valence-corrected chi connectivity index (χ3v) is 7.22. The van der Waals surface area contributed by atoms with Crippen LogP contribution in [0, 0.1) is 0 Å². The number of carbonyl (C=O) groups is 1. The number of pyridine rings is 1. The zero-order valence-electron chi connectivity index (χ0n) is 22.6. The van der Waals surface area contributed by atoms with Crippen LogP contribution in [0.2, 0.25) is 0 Å². The number of halogens is 3. The molecule has 9 heteroatoms. The van der Waals surface area contributed by atoms with Crippen molar-refractivity contribution >= 4 is 27.0 Å². The normalized spacial score (nSPS) is 14.8. The van der Waals surface area contributed by atoms with Crippen molar-refractivity contribution in [3.8, 4) is 11.3 Å². The first kappa shape index (κ1) is 30.9. The highest BCUT2D eigenvalue weighted by Crippen LogP contribution is 2.30. The van der Waals surface area contributed by atoms with Crippen LogP contribution < -0.4 is 4.90 Å². The summed E-state index contributed by atoms with van der Waals surface area (Å²) in [5, 5.41) is 0. The van der Waals surface area contributed by atoms with Crippen molar-refractivity contribution in [2.45, 2.75) is 31.6 Å². The van der Waals surface area contributed by atoms with E-state index in [1.165, 1.54) is 12.1 Å². The van der Waals surface area contributed by atoms with Crippen LogP contribution >= 0.6 is 0 Å². The van der Waals surface area contributed by atoms with Gasteiger partial charge in [-0.25, -0.2) is 8.78 Å². The SMILES string of the molecule is C=S(C)(=O)c1ccc(-c2ccccn2)c(C(=O)N2CCN(c3ccc(C(C)(F)F)cc3)CC2)c1.CC.CF. The molecular weight excluding hydrogens is 511 g/mol. The van der Waals surface area contributed by atoms with Crippen molar-refractivity contribution in [3.05, 3.63) is 78.0 Å². The Morgan fingerprint density at radius 2 is 1.58 bits per heavy atom. The molecule has 206 valence electrons. The summed E-state index contributed by atoms with van der Waals surface area (Å²) in [7, 11) is -2.00. The van der Waals surface area contributed by atoms with Crippen LogP contribution in [-0.2, 0) is 15.4 Å². The molecule has 2 aromatic carbocycles. The van der Waals surface area contributed by atoms with Gasteiger partial charge in [0.05, 0.1) is 18.4 Å². The summed E-state index contributed by atoms with van der Waals surface area (Å²) in [5.74, 6) is 0.718. The van der Waals surface area contributed by atoms with E-state index < -0.39 is 15.4 Å². The van der Waals surface area contributed by atoms with Gasteiger partial charge in [-0.3, -0.25) is 18.4 Å². The number of nitrogens with zero attached hydrogens (tertiary/aromatic N) is 3. The number of hydrogen-bond acceptors (Lipinski definition) is 4. The molecule has 1 aliphatic rings. The number of alkyl halides is 3. The maximum Gasteiger partial charge on any atom is 0.270 e. The van der Waals surface area contributed by atoms with Crippen LogP contribution in [0.1, 0.15) is 36.7 Å². The van der Waals surface area contributed by atoms with E-state index in [1.807, 2.05) is 32.0 Å². The van der Waals surface area contributed by atoms with Crippen molar-refractivity contribution in [1.82, 2.24) is 9.88 Å². The first-order valence-corrected chi connectivity index (χ1v) is 14.5. The van der Waals surface area contributed by atoms with E-state index in [9.17, 15) is 22.2 Å². The molecule has 0 N–H and O–H groups in total. The van der Waals surface area contributed by atoms with Crippen molar-refractivity contribution in [2.75, 3.05) is 44.5 Å². The molecule has 2 heterocycles. The molecule has 0 bridgehead atoms. The zero-order chi connectivity index (χ0) is 28.5. The number of amides is 1. The molecule has 3 aromatic rings. The van der Waals surface area contributed by atoms with E-state index in [2.05, 4.69) is 15.8 Å². The maximum atomic E-state index is 13.6. The first-order chi connectivity index (χ1) is 18.0. The van der Waals surface area contributed by atoms with Gasteiger partial charge in [-0.15, -0.1) is 0 Å². The van der Waals surface area contributed by atoms with Gasteiger partial charge in [0.15, 0.2) is 0 Å². The quantitative estimate of drug-likeness (QED) is 0.360. The average Bonchev–Trinajstić information content (AvgIpc) is 2.94. The molecule has 0 spiro atoms. The summed E-state index contributed by atoms with van der Waals surface area (Å²) in [6.45, 7) is 6.98. The summed E-state index contributed by atoms with van der Waals surface area (Å²) in [6.07, 6.45) is 3.22. The smallest absolute Gasteiger partial charge is 0.270 e. The highest BCUT2D eigenvalue weighted by molar-refractivity contribution is 7.99. The lowest BCUT2D eigenvalue weighted by atomic mass is 10.0. The Morgan fingerprint density at radius 3 is 2.08 bits per heavy atom. The van der Waals surface area contributed by atoms with Crippen molar-refractivity contribution in [3.63, 3.8) is 0 Å². The fourth-order valence-corrected chi connectivity index (χ4v) is 4.74. The van der Waals surface area contributed by atoms with E-state index in [0.29, 0.717) is 55.1 Å². The Hall–Kier alpha value is -3.33. The number of piperazine rings is 1. The number of benzene rings is 2. The third-order valence-electron chi connectivity index (χ3n) is 5.97. The largest absolute Gasteiger partial charge is 0.368 e. The lowest BCUT2D eigenvalue weighted by Gasteiger charge is -2.36. The molecule has 1 saturated heterocycles. The number of anilines is 1. The number of aromatic nitrogens is 1. The summed E-state index contributed by atoms with van der Waals surface area (Å²) in [4.78, 5) is 22.3. The Balaban J connectivity index is 0.00000121. The predicted molar refractivity (Wildman–Crippen MR) is 152 cm³/mol. The van der Waals surface area contributed by atoms with Gasteiger partial charge in [0.25, 0.3) is 11.8 Å². The van der Waals surface area contributed by atoms with Gasteiger partial charge in [-0.05, 0) is 51.8 Å². The molecule has 1 amide bonds. The average molecular weight is 548 g/mol. The molecule has 5 nitrogen and oxygen atoms in total. The summed E-state index contributed by atoms with van der Waals surface area (Å²) < 4.78 is 49.1. The van der Waals surface area contributed by atoms with Gasteiger partial charge >= 0.3 is 0 Å². The van der Waals surface area contributed by atoms with Gasteiger partial charge < -0.3 is 9.80 Å². The van der Waals surface area contributed by atoms with E-state index in [4.69, 9.17) is 0 Å². The minimum Gasteiger partial charge on any atom is -0.368 e. The molecule has 0 saturated carbocycles. The van der Waals surface area contributed by atoms with Gasteiger partial charge in [0.1, 0.15) is 0 Å². The maximum absolute atomic E-state index is 13.6. The number of rotatable bonds is 5. The van der Waals surface area contributed by atoms with Crippen LogP contribution in [0.5, 0.6) is 0 Å². The summed E-state index contributed by atoms with van der Waals surface area (Å²) in [5.41, 5.74) is 2.60. The first-order valence-electron chi connectivity index (χ1n) is 12.3. The van der Waals surface area contributed by atoms with Gasteiger partial charge in [0, 0.05) is 67.3 Å². The fraction of sp³-hybridized carbons (Fsp3) is 0.345. The van der Waals surface area contributed by atoms with Crippen LogP contribution in [0.15, 0.2) is 71.8 Å². The molecule has 1 aliphatic heterocycles. The molecule has 1 fully saturated rings. The monoisotopic (exact) mass is 547 g/mol. The second-order valence-electron chi connectivity index (χ2n) is 8.64. The van der Waals surface area contributed by atoms with Crippen LogP contribution in [0.3, 0.4) is 0 Å². The molecule has 38 heavy (non-hydrogen) atoms. The minimum absolute atomic E-state index is 0.0232. The molecule has 1 aromatic heterocycles. The molecule has 4 rings (SSSR count). The number of carbonyl (C=O) groups excluding carboxylic acids is 1. The highest BCUT2D eigenvalue weighted by atomic mass is 32.2. The van der Waals surface area contributed by atoms with E-state index >= 15 is 0 Å². The minimum atomic E-state index is -2.88. The van der Waals surface area contributed by atoms with Crippen LogP contribution in [-0.4, -0.2) is 65.5 Å². The van der Waals surface area contributed by atoms with E-state index in [0.717, 1.165) is 12.6 Å². The Kier molecular flexibility index (Phi) is 10.9. The molecule has 1 atom stereocenters. The van der Waals surface area contributed by atoms with Crippen molar-refractivity contribution < 1.29 is 22.2 Å². The third kappa shape index (κ3) is 7.60. The van der Waals surface area contributed by atoms with Crippen molar-refractivity contribution in [2.24, 2.45) is 0 Å². The van der Waals surface area contributed by atoms with Crippen LogP contribution in [0.25, 0.3) is 11.3 Å². The molecule has 0 radical (unpaired) electrons. The molecular formula is C29H36F3N3O2S. The van der Waals surface area contributed by atoms with Gasteiger partial charge in [-0.1, -0.05) is 38.1 Å². The predicted octanol–water partition coefficient (Wildman–Crippen LogP) is 6.14. The Bertz CT molecular complexity index is 1280. The summed E-state index contributed by atoms with van der Waals surface area (Å²) in [6, 6.07) is 16.9. The molecule has 0 aliphatic carbocycles. The summed E-state index contributed by atoms with van der Waals surface area (Å²) >= 11 is 0. The lowest BCUT2D eigenvalue weighted by Crippen LogP contribution is -2.49. The van der Waals surface area contributed by atoms with Gasteiger partial charge in [0.2, 0.25) is 0 Å². The van der Waals surface area contributed by atoms with E-state index in [1.54, 1.807) is 47.7 Å². The standard InChI is InChI=1S/C26H27F2N3O2S.C2H6.CH3F/c1-26(27,28)19-7-9-20(10-8-19)30-14-16-31(17-15-30)25(32)23-18-21(34(2,3)33)11-12-22(23)24-6-4-5-13-29-24;2*1-2/h4-13,18H,2,14-17H2,1,3H3;1-2H3;1H3. The highest BCUT2D eigenvalue weighted by Gasteiger charge is 2.27. The van der Waals surface area contributed by atoms with Gasteiger partial charge in [-0.2, -0.15) is 0 Å². The van der Waals surface area contributed by atoms with Crippen LogP contribution in [0.4, 0.5) is 18.9 Å². The van der Waals surface area contributed by atoms with E-state index in [-0.39, 0.29) is 11.5 Å². The zero-order valence-corrected chi connectivity index (χ0v) is 23.4. The molecule has 1 unspecified atom stereocenters. The second kappa shape index (κ2) is 13.5. The Morgan fingerprint density at radius 1 is 0.974 bits per heavy atom. The van der Waals surface area contributed by atoms with Crippen molar-refractivity contribution in [1.29, 1.82) is 0 Å².